The molecule has 1 aromatic carbocycles. The number of aromatic nitrogens is 1. The van der Waals surface area contributed by atoms with Crippen molar-refractivity contribution in [2.75, 3.05) is 18.5 Å². The number of amides is 1. The molecule has 0 aliphatic carbocycles. The van der Waals surface area contributed by atoms with Crippen LogP contribution in [0.4, 0.5) is 5.13 Å². The van der Waals surface area contributed by atoms with Gasteiger partial charge in [-0.05, 0) is 31.5 Å². The fourth-order valence-corrected chi connectivity index (χ4v) is 3.16. The normalized spacial score (nSPS) is 18.3. The van der Waals surface area contributed by atoms with E-state index in [1.165, 1.54) is 0 Å². The number of nitrogens with zero attached hydrogens (tertiary/aromatic N) is 2. The van der Waals surface area contributed by atoms with Gasteiger partial charge in [-0.3, -0.25) is 9.69 Å². The highest BCUT2D eigenvalue weighted by molar-refractivity contribution is 7.22. The standard InChI is InChI=1S/C13H15N3OS.ClH/c1-16(12(17)10-6-4-8-14-10)13-15-9-5-2-3-7-11(9)18-13;/h2-3,5,7,10,14H,4,6,8H2,1H3;1H/t10-;/m0./s1. The topological polar surface area (TPSA) is 45.2 Å². The number of anilines is 1. The SMILES string of the molecule is CN(C(=O)[C@@H]1CCCN1)c1nc2ccccc2s1.Cl. The molecule has 0 radical (unpaired) electrons. The minimum Gasteiger partial charge on any atom is -0.306 e. The molecule has 1 N–H and O–H groups in total. The quantitative estimate of drug-likeness (QED) is 0.926. The molecule has 1 aromatic heterocycles. The molecule has 1 aliphatic rings. The maximum absolute atomic E-state index is 12.3. The molecule has 1 saturated heterocycles. The number of hydrogen-bond donors (Lipinski definition) is 1. The minimum absolute atomic E-state index is 0. The van der Waals surface area contributed by atoms with E-state index in [0.717, 1.165) is 34.7 Å². The van der Waals surface area contributed by atoms with E-state index in [1.54, 1.807) is 23.3 Å². The Morgan fingerprint density at radius 1 is 1.47 bits per heavy atom. The molecule has 0 bridgehead atoms. The van der Waals surface area contributed by atoms with Crippen LogP contribution in [0.1, 0.15) is 12.8 Å². The first-order valence-corrected chi connectivity index (χ1v) is 6.94. The van der Waals surface area contributed by atoms with Gasteiger partial charge in [-0.2, -0.15) is 0 Å². The first-order chi connectivity index (χ1) is 8.75. The largest absolute Gasteiger partial charge is 0.306 e. The highest BCUT2D eigenvalue weighted by atomic mass is 35.5. The van der Waals surface area contributed by atoms with Gasteiger partial charge in [0.2, 0.25) is 5.91 Å². The van der Waals surface area contributed by atoms with Gasteiger partial charge in [-0.25, -0.2) is 4.98 Å². The number of halogens is 1. The van der Waals surface area contributed by atoms with E-state index < -0.39 is 0 Å². The van der Waals surface area contributed by atoms with E-state index in [9.17, 15) is 4.79 Å². The molecule has 19 heavy (non-hydrogen) atoms. The van der Waals surface area contributed by atoms with E-state index in [2.05, 4.69) is 10.3 Å². The predicted octanol–water partition coefficient (Wildman–Crippen LogP) is 2.43. The van der Waals surface area contributed by atoms with Crippen LogP contribution < -0.4 is 10.2 Å². The van der Waals surface area contributed by atoms with Crippen molar-refractivity contribution in [1.29, 1.82) is 0 Å². The predicted molar refractivity (Wildman–Crippen MR) is 81.3 cm³/mol. The summed E-state index contributed by atoms with van der Waals surface area (Å²) in [6.45, 7) is 0.935. The van der Waals surface area contributed by atoms with Crippen molar-refractivity contribution in [3.8, 4) is 0 Å². The van der Waals surface area contributed by atoms with Crippen LogP contribution >= 0.6 is 23.7 Å². The van der Waals surface area contributed by atoms with Gasteiger partial charge < -0.3 is 5.32 Å². The fourth-order valence-electron chi connectivity index (χ4n) is 2.23. The second kappa shape index (κ2) is 5.86. The van der Waals surface area contributed by atoms with Crippen molar-refractivity contribution in [2.24, 2.45) is 0 Å². The summed E-state index contributed by atoms with van der Waals surface area (Å²) >= 11 is 1.56. The van der Waals surface area contributed by atoms with Crippen LogP contribution in [0.2, 0.25) is 0 Å². The van der Waals surface area contributed by atoms with Crippen molar-refractivity contribution in [2.45, 2.75) is 18.9 Å². The van der Waals surface area contributed by atoms with Gasteiger partial charge in [0, 0.05) is 7.05 Å². The van der Waals surface area contributed by atoms with Gasteiger partial charge in [-0.15, -0.1) is 12.4 Å². The Labute approximate surface area is 122 Å². The minimum atomic E-state index is -0.0398. The second-order valence-corrected chi connectivity index (χ2v) is 5.52. The summed E-state index contributed by atoms with van der Waals surface area (Å²) in [4.78, 5) is 18.4. The zero-order valence-electron chi connectivity index (χ0n) is 10.6. The van der Waals surface area contributed by atoms with Gasteiger partial charge >= 0.3 is 0 Å². The Morgan fingerprint density at radius 3 is 2.95 bits per heavy atom. The molecule has 2 heterocycles. The average molecular weight is 298 g/mol. The third kappa shape index (κ3) is 2.73. The van der Waals surface area contributed by atoms with E-state index in [-0.39, 0.29) is 24.4 Å². The molecule has 0 spiro atoms. The number of para-hydroxylation sites is 1. The fraction of sp³-hybridized carbons (Fsp3) is 0.385. The van der Waals surface area contributed by atoms with Crippen LogP contribution in [0.25, 0.3) is 10.2 Å². The molecule has 4 nitrogen and oxygen atoms in total. The molecule has 0 unspecified atom stereocenters. The Balaban J connectivity index is 0.00000133. The number of likely N-dealkylation sites (N-methyl/N-ethyl adjacent to an activating group) is 1. The molecular weight excluding hydrogens is 282 g/mol. The number of benzene rings is 1. The first-order valence-electron chi connectivity index (χ1n) is 6.12. The molecule has 1 amide bonds. The van der Waals surface area contributed by atoms with E-state index >= 15 is 0 Å². The zero-order chi connectivity index (χ0) is 12.5. The van der Waals surface area contributed by atoms with Crippen LogP contribution in [0.5, 0.6) is 0 Å². The Kier molecular flexibility index (Phi) is 4.39. The molecule has 102 valence electrons. The molecule has 0 saturated carbocycles. The van der Waals surface area contributed by atoms with Crippen LogP contribution in [0.15, 0.2) is 24.3 Å². The molecule has 1 aliphatic heterocycles. The van der Waals surface area contributed by atoms with Crippen LogP contribution in [0.3, 0.4) is 0 Å². The van der Waals surface area contributed by atoms with E-state index in [4.69, 9.17) is 0 Å². The second-order valence-electron chi connectivity index (χ2n) is 4.51. The monoisotopic (exact) mass is 297 g/mol. The van der Waals surface area contributed by atoms with Crippen molar-refractivity contribution >= 4 is 45.0 Å². The molecule has 2 aromatic rings. The Hall–Kier alpha value is -1.17. The third-order valence-electron chi connectivity index (χ3n) is 3.26. The lowest BCUT2D eigenvalue weighted by Crippen LogP contribution is -2.41. The number of thiazole rings is 1. The van der Waals surface area contributed by atoms with Gasteiger partial charge in [-0.1, -0.05) is 23.5 Å². The maximum atomic E-state index is 12.3. The van der Waals surface area contributed by atoms with Crippen LogP contribution in [-0.4, -0.2) is 30.5 Å². The average Bonchev–Trinajstić information content (AvgIpc) is 3.05. The summed E-state index contributed by atoms with van der Waals surface area (Å²) in [5.41, 5.74) is 0.955. The first kappa shape index (κ1) is 14.2. The van der Waals surface area contributed by atoms with Crippen molar-refractivity contribution < 1.29 is 4.79 Å². The van der Waals surface area contributed by atoms with Gasteiger partial charge in [0.15, 0.2) is 5.13 Å². The Morgan fingerprint density at radius 2 is 2.26 bits per heavy atom. The Bertz CT molecular complexity index is 547. The summed E-state index contributed by atoms with van der Waals surface area (Å²) in [5, 5.41) is 4.00. The summed E-state index contributed by atoms with van der Waals surface area (Å²) < 4.78 is 1.12. The van der Waals surface area contributed by atoms with Crippen LogP contribution in [-0.2, 0) is 4.79 Å². The zero-order valence-corrected chi connectivity index (χ0v) is 12.3. The van der Waals surface area contributed by atoms with Crippen molar-refractivity contribution in [1.82, 2.24) is 10.3 Å². The molecule has 6 heteroatoms. The number of fused-ring (bicyclic) bond motifs is 1. The summed E-state index contributed by atoms with van der Waals surface area (Å²) in [5.74, 6) is 0.117. The number of hydrogen-bond acceptors (Lipinski definition) is 4. The molecule has 1 fully saturated rings. The van der Waals surface area contributed by atoms with E-state index in [1.807, 2.05) is 24.3 Å². The highest BCUT2D eigenvalue weighted by Gasteiger charge is 2.26. The van der Waals surface area contributed by atoms with Gasteiger partial charge in [0.25, 0.3) is 0 Å². The lowest BCUT2D eigenvalue weighted by molar-refractivity contribution is -0.119. The molecule has 3 rings (SSSR count). The lowest BCUT2D eigenvalue weighted by Gasteiger charge is -2.18. The number of carbonyl (C=O) groups excluding carboxylic acids is 1. The van der Waals surface area contributed by atoms with Gasteiger partial charge in [0.1, 0.15) is 0 Å². The van der Waals surface area contributed by atoms with Crippen molar-refractivity contribution in [3.63, 3.8) is 0 Å². The smallest absolute Gasteiger partial charge is 0.245 e. The molecule has 1 atom stereocenters. The van der Waals surface area contributed by atoms with Gasteiger partial charge in [0.05, 0.1) is 16.3 Å². The lowest BCUT2D eigenvalue weighted by atomic mass is 10.2. The third-order valence-corrected chi connectivity index (χ3v) is 4.37. The highest BCUT2D eigenvalue weighted by Crippen LogP contribution is 2.28. The summed E-state index contributed by atoms with van der Waals surface area (Å²) in [6, 6.07) is 7.92. The molecular formula is C13H16ClN3OS. The van der Waals surface area contributed by atoms with E-state index in [0.29, 0.717) is 0 Å². The number of rotatable bonds is 2. The number of carbonyl (C=O) groups is 1. The number of nitrogens with one attached hydrogen (secondary N) is 1. The maximum Gasteiger partial charge on any atom is 0.245 e. The van der Waals surface area contributed by atoms with Crippen molar-refractivity contribution in [3.05, 3.63) is 24.3 Å². The summed E-state index contributed by atoms with van der Waals surface area (Å²) in [7, 11) is 1.81. The van der Waals surface area contributed by atoms with Crippen LogP contribution in [0, 0.1) is 0 Å². The summed E-state index contributed by atoms with van der Waals surface area (Å²) in [6.07, 6.45) is 2.00.